The molecule has 4 heteroatoms. The zero-order valence-corrected chi connectivity index (χ0v) is 10.9. The van der Waals surface area contributed by atoms with Crippen LogP contribution in [0.1, 0.15) is 19.3 Å². The fraction of sp³-hybridized carbons (Fsp3) is 0.500. The van der Waals surface area contributed by atoms with E-state index in [1.165, 1.54) is 11.4 Å². The molecule has 18 heavy (non-hydrogen) atoms. The van der Waals surface area contributed by atoms with Crippen LogP contribution < -0.4 is 15.5 Å². The molecule has 1 aromatic carbocycles. The van der Waals surface area contributed by atoms with Crippen molar-refractivity contribution in [2.45, 2.75) is 19.3 Å². The van der Waals surface area contributed by atoms with Crippen molar-refractivity contribution in [2.75, 3.05) is 36.9 Å². The third-order valence-electron chi connectivity index (χ3n) is 3.28. The topological polar surface area (TPSA) is 44.4 Å². The summed E-state index contributed by atoms with van der Waals surface area (Å²) in [7, 11) is 1.69. The van der Waals surface area contributed by atoms with Crippen LogP contribution in [0.3, 0.4) is 0 Å². The summed E-state index contributed by atoms with van der Waals surface area (Å²) in [6.07, 6.45) is 2.63. The van der Waals surface area contributed by atoms with E-state index in [0.717, 1.165) is 32.5 Å². The molecule has 0 aliphatic carbocycles. The summed E-state index contributed by atoms with van der Waals surface area (Å²) in [6.45, 7) is 3.01. The van der Waals surface area contributed by atoms with Gasteiger partial charge in [0, 0.05) is 33.1 Å². The van der Waals surface area contributed by atoms with E-state index in [2.05, 4.69) is 39.8 Å². The normalized spacial score (nSPS) is 14.4. The molecule has 4 nitrogen and oxygen atoms in total. The highest BCUT2D eigenvalue weighted by Gasteiger charge is 2.14. The molecule has 1 amide bonds. The van der Waals surface area contributed by atoms with Crippen LogP contribution in [0.4, 0.5) is 11.4 Å². The molecule has 0 aromatic heterocycles. The number of nitrogens with zero attached hydrogens (tertiary/aromatic N) is 1. The minimum atomic E-state index is 0.122. The Hall–Kier alpha value is -1.71. The fourth-order valence-electron chi connectivity index (χ4n) is 2.30. The van der Waals surface area contributed by atoms with Gasteiger partial charge in [-0.3, -0.25) is 4.79 Å². The van der Waals surface area contributed by atoms with E-state index in [-0.39, 0.29) is 5.91 Å². The smallest absolute Gasteiger partial charge is 0.219 e. The fourth-order valence-corrected chi connectivity index (χ4v) is 2.30. The predicted molar refractivity (Wildman–Crippen MR) is 75.1 cm³/mol. The zero-order chi connectivity index (χ0) is 12.8. The Morgan fingerprint density at radius 3 is 3.11 bits per heavy atom. The summed E-state index contributed by atoms with van der Waals surface area (Å²) in [5.74, 6) is 0.122. The van der Waals surface area contributed by atoms with Gasteiger partial charge in [0.1, 0.15) is 0 Å². The number of carbonyl (C=O) groups is 1. The lowest BCUT2D eigenvalue weighted by Gasteiger charge is -2.24. The van der Waals surface area contributed by atoms with Crippen molar-refractivity contribution in [1.29, 1.82) is 0 Å². The summed E-state index contributed by atoms with van der Waals surface area (Å²) < 4.78 is 0. The predicted octanol–water partition coefficient (Wildman–Crippen LogP) is 1.83. The zero-order valence-electron chi connectivity index (χ0n) is 10.9. The number of hydrogen-bond acceptors (Lipinski definition) is 3. The van der Waals surface area contributed by atoms with Crippen molar-refractivity contribution in [1.82, 2.24) is 5.32 Å². The molecule has 0 fully saturated rings. The van der Waals surface area contributed by atoms with Gasteiger partial charge in [0.05, 0.1) is 11.4 Å². The van der Waals surface area contributed by atoms with Crippen LogP contribution in [0.5, 0.6) is 0 Å². The summed E-state index contributed by atoms with van der Waals surface area (Å²) in [5, 5.41) is 6.11. The second kappa shape index (κ2) is 6.28. The van der Waals surface area contributed by atoms with Crippen LogP contribution in [0, 0.1) is 0 Å². The maximum absolute atomic E-state index is 11.2. The van der Waals surface area contributed by atoms with Crippen LogP contribution in [0.15, 0.2) is 24.3 Å². The van der Waals surface area contributed by atoms with Crippen molar-refractivity contribution >= 4 is 17.3 Å². The number of hydrogen-bond donors (Lipinski definition) is 2. The average Bonchev–Trinajstić information content (AvgIpc) is 2.61. The minimum Gasteiger partial charge on any atom is -0.383 e. The highest BCUT2D eigenvalue weighted by Crippen LogP contribution is 2.27. The van der Waals surface area contributed by atoms with Gasteiger partial charge < -0.3 is 15.5 Å². The lowest BCUT2D eigenvalue weighted by Crippen LogP contribution is -2.27. The number of anilines is 2. The summed E-state index contributed by atoms with van der Waals surface area (Å²) in [6, 6.07) is 8.39. The minimum absolute atomic E-state index is 0.122. The van der Waals surface area contributed by atoms with Gasteiger partial charge in [0.15, 0.2) is 0 Å². The van der Waals surface area contributed by atoms with E-state index in [1.807, 2.05) is 0 Å². The Morgan fingerprint density at radius 1 is 1.44 bits per heavy atom. The van der Waals surface area contributed by atoms with Crippen molar-refractivity contribution < 1.29 is 4.79 Å². The van der Waals surface area contributed by atoms with E-state index in [1.54, 1.807) is 7.05 Å². The highest BCUT2D eigenvalue weighted by molar-refractivity contribution is 5.75. The van der Waals surface area contributed by atoms with E-state index in [4.69, 9.17) is 0 Å². The first kappa shape index (κ1) is 12.7. The van der Waals surface area contributed by atoms with Crippen LogP contribution in [-0.4, -0.2) is 32.6 Å². The first-order valence-corrected chi connectivity index (χ1v) is 6.59. The van der Waals surface area contributed by atoms with E-state index >= 15 is 0 Å². The van der Waals surface area contributed by atoms with Gasteiger partial charge in [-0.05, 0) is 25.0 Å². The van der Waals surface area contributed by atoms with E-state index < -0.39 is 0 Å². The molecule has 2 rings (SSSR count). The van der Waals surface area contributed by atoms with Gasteiger partial charge in [-0.1, -0.05) is 12.1 Å². The average molecular weight is 247 g/mol. The van der Waals surface area contributed by atoms with E-state index in [9.17, 15) is 4.79 Å². The lowest BCUT2D eigenvalue weighted by molar-refractivity contribution is -0.120. The summed E-state index contributed by atoms with van der Waals surface area (Å²) in [4.78, 5) is 13.6. The molecule has 1 aromatic rings. The molecule has 0 bridgehead atoms. The highest BCUT2D eigenvalue weighted by atomic mass is 16.1. The van der Waals surface area contributed by atoms with Crippen molar-refractivity contribution in [3.05, 3.63) is 24.3 Å². The number of amides is 1. The summed E-state index contributed by atoms with van der Waals surface area (Å²) in [5.41, 5.74) is 2.46. The van der Waals surface area contributed by atoms with Crippen LogP contribution in [0.2, 0.25) is 0 Å². The molecule has 1 aliphatic rings. The van der Waals surface area contributed by atoms with Gasteiger partial charge in [0.2, 0.25) is 5.91 Å². The SMILES string of the molecule is CNC(=O)CCCN1CCCNc2ccccc21. The van der Waals surface area contributed by atoms with E-state index in [0.29, 0.717) is 6.42 Å². The second-order valence-corrected chi connectivity index (χ2v) is 4.56. The number of fused-ring (bicyclic) bond motifs is 1. The molecule has 0 radical (unpaired) electrons. The van der Waals surface area contributed by atoms with Crippen LogP contribution >= 0.6 is 0 Å². The maximum atomic E-state index is 11.2. The molecule has 1 aliphatic heterocycles. The first-order valence-electron chi connectivity index (χ1n) is 6.59. The Labute approximate surface area is 108 Å². The second-order valence-electron chi connectivity index (χ2n) is 4.56. The standard InChI is InChI=1S/C14H21N3O/c1-15-14(18)8-4-10-17-11-5-9-16-12-6-2-3-7-13(12)17/h2-3,6-7,16H,4-5,8-11H2,1H3,(H,15,18). The summed E-state index contributed by atoms with van der Waals surface area (Å²) >= 11 is 0. The van der Waals surface area contributed by atoms with Crippen molar-refractivity contribution in [3.8, 4) is 0 Å². The molecule has 98 valence electrons. The van der Waals surface area contributed by atoms with Gasteiger partial charge >= 0.3 is 0 Å². The first-order chi connectivity index (χ1) is 8.81. The number of nitrogens with one attached hydrogen (secondary N) is 2. The molecular formula is C14H21N3O. The quantitative estimate of drug-likeness (QED) is 0.853. The number of benzene rings is 1. The van der Waals surface area contributed by atoms with Crippen molar-refractivity contribution in [3.63, 3.8) is 0 Å². The molecular weight excluding hydrogens is 226 g/mol. The van der Waals surface area contributed by atoms with Crippen LogP contribution in [0.25, 0.3) is 0 Å². The molecule has 2 N–H and O–H groups in total. The van der Waals surface area contributed by atoms with Gasteiger partial charge in [0.25, 0.3) is 0 Å². The Kier molecular flexibility index (Phi) is 4.45. The third kappa shape index (κ3) is 3.15. The molecule has 0 atom stereocenters. The Balaban J connectivity index is 1.97. The molecule has 1 heterocycles. The lowest BCUT2D eigenvalue weighted by atomic mass is 10.2. The van der Waals surface area contributed by atoms with Crippen LogP contribution in [-0.2, 0) is 4.79 Å². The maximum Gasteiger partial charge on any atom is 0.219 e. The molecule has 0 saturated carbocycles. The number of rotatable bonds is 4. The van der Waals surface area contributed by atoms with Gasteiger partial charge in [-0.25, -0.2) is 0 Å². The van der Waals surface area contributed by atoms with Gasteiger partial charge in [-0.15, -0.1) is 0 Å². The molecule has 0 unspecified atom stereocenters. The Morgan fingerprint density at radius 2 is 2.28 bits per heavy atom. The number of carbonyl (C=O) groups excluding carboxylic acids is 1. The monoisotopic (exact) mass is 247 g/mol. The molecule has 0 spiro atoms. The van der Waals surface area contributed by atoms with Gasteiger partial charge in [-0.2, -0.15) is 0 Å². The third-order valence-corrected chi connectivity index (χ3v) is 3.28. The number of para-hydroxylation sites is 2. The molecule has 0 saturated heterocycles. The largest absolute Gasteiger partial charge is 0.383 e. The Bertz CT molecular complexity index is 406. The van der Waals surface area contributed by atoms with Crippen molar-refractivity contribution in [2.24, 2.45) is 0 Å².